The Morgan fingerprint density at radius 2 is 1.89 bits per heavy atom. The van der Waals surface area contributed by atoms with Crippen molar-refractivity contribution < 1.29 is 33.6 Å². The molecule has 0 aliphatic rings. The Hall–Kier alpha value is -2.02. The summed E-state index contributed by atoms with van der Waals surface area (Å²) in [6.45, 7) is 3.32. The van der Waals surface area contributed by atoms with E-state index in [2.05, 4.69) is 9.47 Å². The molecule has 0 saturated heterocycles. The van der Waals surface area contributed by atoms with Gasteiger partial charge in [0.05, 0.1) is 13.2 Å². The molecule has 0 saturated carbocycles. The summed E-state index contributed by atoms with van der Waals surface area (Å²) < 4.78 is 19.1. The Morgan fingerprint density at radius 1 is 1.28 bits per heavy atom. The number of aliphatic hydroxyl groups is 1. The molecule has 1 unspecified atom stereocenters. The molecule has 0 heterocycles. The van der Waals surface area contributed by atoms with Gasteiger partial charge >= 0.3 is 12.4 Å². The number of allylic oxidation sites excluding steroid dienone is 2. The lowest BCUT2D eigenvalue weighted by Crippen LogP contribution is -2.13. The van der Waals surface area contributed by atoms with Crippen LogP contribution in [0.4, 0.5) is 0 Å². The molecule has 0 spiro atoms. The van der Waals surface area contributed by atoms with Crippen molar-refractivity contribution in [2.45, 2.75) is 20.0 Å². The van der Waals surface area contributed by atoms with Gasteiger partial charge in [0.1, 0.15) is 12.4 Å². The van der Waals surface area contributed by atoms with Crippen LogP contribution in [0, 0.1) is 0 Å². The average Bonchev–Trinajstić information content (AvgIpc) is 2.32. The number of rotatable bonds is 9. The highest BCUT2D eigenvalue weighted by Gasteiger charge is 2.11. The fourth-order valence-electron chi connectivity index (χ4n) is 0.899. The minimum atomic E-state index is -0.746. The van der Waals surface area contributed by atoms with Crippen molar-refractivity contribution >= 4 is 12.9 Å². The zero-order valence-corrected chi connectivity index (χ0v) is 10.4. The minimum absolute atomic E-state index is 0.0436. The Balaban J connectivity index is 5.01. The number of ether oxygens (including phenoxy) is 4. The molecule has 7 nitrogen and oxygen atoms in total. The maximum Gasteiger partial charge on any atom is 0.331 e. The van der Waals surface area contributed by atoms with Crippen molar-refractivity contribution in [2.75, 3.05) is 13.7 Å². The third kappa shape index (κ3) is 6.54. The number of hydrogen-bond acceptors (Lipinski definition) is 7. The predicted octanol–water partition coefficient (Wildman–Crippen LogP) is 0.449. The number of carbonyl (C=O) groups is 2. The molecule has 0 aromatic heterocycles. The molecule has 0 radical (unpaired) electrons. The normalized spacial score (nSPS) is 14.1. The lowest BCUT2D eigenvalue weighted by atomic mass is 10.4. The molecule has 0 fully saturated rings. The van der Waals surface area contributed by atoms with Crippen molar-refractivity contribution in [2.24, 2.45) is 0 Å². The summed E-state index contributed by atoms with van der Waals surface area (Å²) in [6, 6.07) is 0. The zero-order valence-electron chi connectivity index (χ0n) is 10.4. The summed E-state index contributed by atoms with van der Waals surface area (Å²) in [5, 5.41) is 9.07. The molecule has 0 bridgehead atoms. The molecule has 0 aliphatic heterocycles. The van der Waals surface area contributed by atoms with Gasteiger partial charge in [0.25, 0.3) is 6.47 Å². The first-order chi connectivity index (χ1) is 8.54. The van der Waals surface area contributed by atoms with Crippen LogP contribution in [-0.4, -0.2) is 37.9 Å². The largest absolute Gasteiger partial charge is 0.490 e. The molecule has 102 valence electrons. The second kappa shape index (κ2) is 9.06. The molecule has 0 aromatic rings. The summed E-state index contributed by atoms with van der Waals surface area (Å²) >= 11 is 0. The van der Waals surface area contributed by atoms with Crippen LogP contribution in [0.25, 0.3) is 0 Å². The second-order valence-electron chi connectivity index (χ2n) is 3.20. The van der Waals surface area contributed by atoms with E-state index in [-0.39, 0.29) is 37.0 Å². The SMILES string of the molecule is COC(/C=C(/C)OC=O)=C(/OC=O)OCC(C)O. The fourth-order valence-corrected chi connectivity index (χ4v) is 0.899. The molecule has 0 rings (SSSR count). The van der Waals surface area contributed by atoms with E-state index >= 15 is 0 Å². The van der Waals surface area contributed by atoms with Gasteiger partial charge < -0.3 is 24.1 Å². The molecule has 18 heavy (non-hydrogen) atoms. The van der Waals surface area contributed by atoms with E-state index < -0.39 is 6.10 Å². The Labute approximate surface area is 105 Å². The third-order valence-electron chi connectivity index (χ3n) is 1.60. The van der Waals surface area contributed by atoms with E-state index in [4.69, 9.17) is 14.6 Å². The highest BCUT2D eigenvalue weighted by molar-refractivity contribution is 5.41. The highest BCUT2D eigenvalue weighted by Crippen LogP contribution is 2.13. The number of methoxy groups -OCH3 is 1. The topological polar surface area (TPSA) is 91.3 Å². The van der Waals surface area contributed by atoms with E-state index in [1.165, 1.54) is 27.0 Å². The molecule has 1 N–H and O–H groups in total. The zero-order chi connectivity index (χ0) is 14.0. The summed E-state index contributed by atoms with van der Waals surface area (Å²) in [5.74, 6) is 0.0267. The number of carbonyl (C=O) groups excluding carboxylic acids is 2. The quantitative estimate of drug-likeness (QED) is 0.365. The van der Waals surface area contributed by atoms with Crippen LogP contribution >= 0.6 is 0 Å². The maximum atomic E-state index is 10.3. The van der Waals surface area contributed by atoms with Gasteiger partial charge in [-0.25, -0.2) is 0 Å². The van der Waals surface area contributed by atoms with Crippen LogP contribution < -0.4 is 0 Å². The molecule has 0 aromatic carbocycles. The summed E-state index contributed by atoms with van der Waals surface area (Å²) in [4.78, 5) is 20.5. The Kier molecular flexibility index (Phi) is 8.04. The second-order valence-corrected chi connectivity index (χ2v) is 3.20. The predicted molar refractivity (Wildman–Crippen MR) is 59.7 cm³/mol. The maximum absolute atomic E-state index is 10.3. The van der Waals surface area contributed by atoms with Crippen LogP contribution in [0.5, 0.6) is 0 Å². The highest BCUT2D eigenvalue weighted by atomic mass is 16.7. The van der Waals surface area contributed by atoms with Crippen molar-refractivity contribution in [3.63, 3.8) is 0 Å². The van der Waals surface area contributed by atoms with Gasteiger partial charge in [-0.15, -0.1) is 0 Å². The number of hydrogen-bond donors (Lipinski definition) is 1. The summed E-state index contributed by atoms with van der Waals surface area (Å²) in [5.41, 5.74) is 0. The van der Waals surface area contributed by atoms with Gasteiger partial charge in [-0.3, -0.25) is 9.59 Å². The van der Waals surface area contributed by atoms with Crippen molar-refractivity contribution in [1.29, 1.82) is 0 Å². The minimum Gasteiger partial charge on any atom is -0.490 e. The van der Waals surface area contributed by atoms with Gasteiger partial charge in [0.15, 0.2) is 0 Å². The lowest BCUT2D eigenvalue weighted by molar-refractivity contribution is -0.132. The monoisotopic (exact) mass is 260 g/mol. The fraction of sp³-hybridized carbons (Fsp3) is 0.455. The number of aliphatic hydroxyl groups excluding tert-OH is 1. The summed E-state index contributed by atoms with van der Waals surface area (Å²) in [7, 11) is 1.32. The van der Waals surface area contributed by atoms with E-state index in [1.54, 1.807) is 0 Å². The average molecular weight is 260 g/mol. The first kappa shape index (κ1) is 16.0. The van der Waals surface area contributed by atoms with Gasteiger partial charge in [-0.2, -0.15) is 0 Å². The van der Waals surface area contributed by atoms with E-state index in [9.17, 15) is 9.59 Å². The van der Waals surface area contributed by atoms with Gasteiger partial charge in [0, 0.05) is 6.08 Å². The Bertz CT molecular complexity index is 330. The summed E-state index contributed by atoms with van der Waals surface area (Å²) in [6.07, 6.45) is 0.555. The molecular weight excluding hydrogens is 244 g/mol. The van der Waals surface area contributed by atoms with Crippen LogP contribution in [0.1, 0.15) is 13.8 Å². The van der Waals surface area contributed by atoms with Crippen LogP contribution in [0.15, 0.2) is 23.5 Å². The van der Waals surface area contributed by atoms with Gasteiger partial charge in [-0.05, 0) is 13.8 Å². The van der Waals surface area contributed by atoms with Crippen molar-refractivity contribution in [3.8, 4) is 0 Å². The van der Waals surface area contributed by atoms with Crippen molar-refractivity contribution in [1.82, 2.24) is 0 Å². The van der Waals surface area contributed by atoms with Crippen LogP contribution in [0.3, 0.4) is 0 Å². The van der Waals surface area contributed by atoms with Crippen molar-refractivity contribution in [3.05, 3.63) is 23.5 Å². The van der Waals surface area contributed by atoms with E-state index in [0.29, 0.717) is 0 Å². The lowest BCUT2D eigenvalue weighted by Gasteiger charge is -2.12. The molecule has 0 amide bonds. The molecular formula is C11H16O7. The smallest absolute Gasteiger partial charge is 0.331 e. The van der Waals surface area contributed by atoms with Crippen LogP contribution in [0.2, 0.25) is 0 Å². The third-order valence-corrected chi connectivity index (χ3v) is 1.60. The van der Waals surface area contributed by atoms with E-state index in [0.717, 1.165) is 0 Å². The van der Waals surface area contributed by atoms with E-state index in [1.807, 2.05) is 0 Å². The van der Waals surface area contributed by atoms with Gasteiger partial charge in [-0.1, -0.05) is 0 Å². The van der Waals surface area contributed by atoms with Crippen LogP contribution in [-0.2, 0) is 28.5 Å². The first-order valence-electron chi connectivity index (χ1n) is 5.03. The van der Waals surface area contributed by atoms with Gasteiger partial charge in [0.2, 0.25) is 5.76 Å². The molecule has 7 heteroatoms. The standard InChI is InChI=1S/C11H16O7/c1-8(14)5-16-11(18-7-13)10(15-3)4-9(2)17-6-12/h4,6-8,14H,5H2,1-3H3/b9-4-,11-10+. The molecule has 0 aliphatic carbocycles. The first-order valence-corrected chi connectivity index (χ1v) is 5.03. The molecule has 1 atom stereocenters. The Morgan fingerprint density at radius 3 is 2.33 bits per heavy atom.